The second-order valence-corrected chi connectivity index (χ2v) is 5.64. The predicted molar refractivity (Wildman–Crippen MR) is 74.8 cm³/mol. The lowest BCUT2D eigenvalue weighted by Gasteiger charge is -2.21. The number of carbonyl (C=O) groups is 1. The molecule has 2 N–H and O–H groups in total. The standard InChI is InChI=1S/C12H17N5O2S/c1-8(2)9(3-5-18)14-12(19)11-10(4-6-20-11)17-7-13-15-16-17/h4,6-9,18H,3,5H2,1-2H3,(H,14,19). The minimum absolute atomic E-state index is 0.0490. The molecule has 2 rings (SSSR count). The zero-order valence-electron chi connectivity index (χ0n) is 11.4. The van der Waals surface area contributed by atoms with Gasteiger partial charge in [0.15, 0.2) is 0 Å². The Hall–Kier alpha value is -1.80. The quantitative estimate of drug-likeness (QED) is 0.824. The zero-order chi connectivity index (χ0) is 14.5. The number of thiophene rings is 1. The van der Waals surface area contributed by atoms with Gasteiger partial charge in [-0.1, -0.05) is 13.8 Å². The van der Waals surface area contributed by atoms with Crippen LogP contribution in [0.15, 0.2) is 17.8 Å². The van der Waals surface area contributed by atoms with E-state index in [1.165, 1.54) is 22.3 Å². The second kappa shape index (κ2) is 6.58. The average molecular weight is 295 g/mol. The SMILES string of the molecule is CC(C)C(CCO)NC(=O)c1sccc1-n1cnnn1. The van der Waals surface area contributed by atoms with Crippen LogP contribution >= 0.6 is 11.3 Å². The largest absolute Gasteiger partial charge is 0.396 e. The van der Waals surface area contributed by atoms with Crippen molar-refractivity contribution in [3.8, 4) is 5.69 Å². The Morgan fingerprint density at radius 1 is 1.55 bits per heavy atom. The number of rotatable bonds is 6. The second-order valence-electron chi connectivity index (χ2n) is 4.73. The molecule has 8 heteroatoms. The van der Waals surface area contributed by atoms with Gasteiger partial charge in [0.1, 0.15) is 11.2 Å². The topological polar surface area (TPSA) is 92.9 Å². The number of aliphatic hydroxyl groups is 1. The van der Waals surface area contributed by atoms with Gasteiger partial charge in [0, 0.05) is 12.6 Å². The van der Waals surface area contributed by atoms with Crippen molar-refractivity contribution >= 4 is 17.2 Å². The summed E-state index contributed by atoms with van der Waals surface area (Å²) >= 11 is 1.34. The molecule has 1 unspecified atom stereocenters. The van der Waals surface area contributed by atoms with E-state index in [0.717, 1.165) is 0 Å². The smallest absolute Gasteiger partial charge is 0.263 e. The van der Waals surface area contributed by atoms with Crippen LogP contribution in [-0.2, 0) is 0 Å². The third-order valence-electron chi connectivity index (χ3n) is 3.01. The Kier molecular flexibility index (Phi) is 4.80. The van der Waals surface area contributed by atoms with Crippen molar-refractivity contribution in [1.82, 2.24) is 25.5 Å². The van der Waals surface area contributed by atoms with Crippen molar-refractivity contribution in [2.75, 3.05) is 6.61 Å². The van der Waals surface area contributed by atoms with Crippen molar-refractivity contribution in [2.45, 2.75) is 26.3 Å². The molecular formula is C12H17N5O2S. The van der Waals surface area contributed by atoms with Gasteiger partial charge in [-0.15, -0.1) is 16.4 Å². The van der Waals surface area contributed by atoms with E-state index in [1.54, 1.807) is 6.07 Å². The number of nitrogens with zero attached hydrogens (tertiary/aromatic N) is 4. The lowest BCUT2D eigenvalue weighted by molar-refractivity contribution is 0.0920. The fourth-order valence-electron chi connectivity index (χ4n) is 1.87. The summed E-state index contributed by atoms with van der Waals surface area (Å²) in [5.74, 6) is 0.0835. The van der Waals surface area contributed by atoms with Gasteiger partial charge in [-0.05, 0) is 34.2 Å². The van der Waals surface area contributed by atoms with Crippen LogP contribution in [0.25, 0.3) is 5.69 Å². The summed E-state index contributed by atoms with van der Waals surface area (Å²) in [4.78, 5) is 12.9. The van der Waals surface area contributed by atoms with Gasteiger partial charge in [-0.25, -0.2) is 0 Å². The molecule has 0 aliphatic carbocycles. The van der Waals surface area contributed by atoms with Gasteiger partial charge in [-0.3, -0.25) is 4.79 Å². The highest BCUT2D eigenvalue weighted by molar-refractivity contribution is 7.12. The van der Waals surface area contributed by atoms with Crippen LogP contribution in [0.4, 0.5) is 0 Å². The summed E-state index contributed by atoms with van der Waals surface area (Å²) in [5, 5.41) is 24.8. The lowest BCUT2D eigenvalue weighted by Crippen LogP contribution is -2.39. The number of hydrogen-bond donors (Lipinski definition) is 2. The van der Waals surface area contributed by atoms with Crippen LogP contribution in [0.3, 0.4) is 0 Å². The number of tetrazole rings is 1. The first-order valence-electron chi connectivity index (χ1n) is 6.36. The first-order chi connectivity index (χ1) is 9.63. The van der Waals surface area contributed by atoms with E-state index in [4.69, 9.17) is 5.11 Å². The maximum absolute atomic E-state index is 12.3. The molecule has 0 saturated heterocycles. The van der Waals surface area contributed by atoms with Crippen molar-refractivity contribution in [3.05, 3.63) is 22.7 Å². The maximum Gasteiger partial charge on any atom is 0.263 e. The first kappa shape index (κ1) is 14.6. The van der Waals surface area contributed by atoms with Crippen LogP contribution < -0.4 is 5.32 Å². The molecule has 7 nitrogen and oxygen atoms in total. The lowest BCUT2D eigenvalue weighted by atomic mass is 10.0. The van der Waals surface area contributed by atoms with E-state index >= 15 is 0 Å². The van der Waals surface area contributed by atoms with Gasteiger partial charge in [0.25, 0.3) is 5.91 Å². The highest BCUT2D eigenvalue weighted by atomic mass is 32.1. The molecule has 0 fully saturated rings. The maximum atomic E-state index is 12.3. The summed E-state index contributed by atoms with van der Waals surface area (Å²) < 4.78 is 1.46. The molecule has 2 aromatic rings. The van der Waals surface area contributed by atoms with E-state index < -0.39 is 0 Å². The number of nitrogens with one attached hydrogen (secondary N) is 1. The molecule has 0 spiro atoms. The molecule has 1 amide bonds. The summed E-state index contributed by atoms with van der Waals surface area (Å²) in [6.07, 6.45) is 1.99. The van der Waals surface area contributed by atoms with Crippen LogP contribution in [0.5, 0.6) is 0 Å². The van der Waals surface area contributed by atoms with Gasteiger partial charge in [-0.2, -0.15) is 4.68 Å². The molecule has 0 saturated carbocycles. The number of carbonyl (C=O) groups excluding carboxylic acids is 1. The molecule has 0 aliphatic heterocycles. The molecule has 2 heterocycles. The molecular weight excluding hydrogens is 278 g/mol. The summed E-state index contributed by atoms with van der Waals surface area (Å²) in [6, 6.07) is 1.74. The Bertz CT molecular complexity index is 552. The zero-order valence-corrected chi connectivity index (χ0v) is 12.2. The fraction of sp³-hybridized carbons (Fsp3) is 0.500. The van der Waals surface area contributed by atoms with Gasteiger partial charge in [0.05, 0.1) is 5.69 Å². The van der Waals surface area contributed by atoms with E-state index in [2.05, 4.69) is 20.8 Å². The third kappa shape index (κ3) is 3.20. The molecule has 20 heavy (non-hydrogen) atoms. The average Bonchev–Trinajstić information content (AvgIpc) is 3.08. The first-order valence-corrected chi connectivity index (χ1v) is 7.24. The summed E-state index contributed by atoms with van der Waals surface area (Å²) in [7, 11) is 0. The minimum Gasteiger partial charge on any atom is -0.396 e. The number of hydrogen-bond acceptors (Lipinski definition) is 6. The number of aliphatic hydroxyl groups excluding tert-OH is 1. The summed E-state index contributed by atoms with van der Waals surface area (Å²) in [6.45, 7) is 4.07. The van der Waals surface area contributed by atoms with E-state index in [0.29, 0.717) is 17.0 Å². The molecule has 2 aromatic heterocycles. The van der Waals surface area contributed by atoms with Crippen molar-refractivity contribution in [3.63, 3.8) is 0 Å². The monoisotopic (exact) mass is 295 g/mol. The Morgan fingerprint density at radius 2 is 2.35 bits per heavy atom. The highest BCUT2D eigenvalue weighted by Gasteiger charge is 2.20. The van der Waals surface area contributed by atoms with Crippen LogP contribution in [0.1, 0.15) is 29.9 Å². The van der Waals surface area contributed by atoms with Crippen molar-refractivity contribution < 1.29 is 9.90 Å². The molecule has 108 valence electrons. The number of amides is 1. The fourth-order valence-corrected chi connectivity index (χ4v) is 2.65. The Labute approximate surface area is 120 Å². The predicted octanol–water partition coefficient (Wildman–Crippen LogP) is 0.861. The van der Waals surface area contributed by atoms with Crippen LogP contribution in [-0.4, -0.2) is 43.9 Å². The summed E-state index contributed by atoms with van der Waals surface area (Å²) in [5.41, 5.74) is 0.656. The van der Waals surface area contributed by atoms with Gasteiger partial charge >= 0.3 is 0 Å². The van der Waals surface area contributed by atoms with E-state index in [-0.39, 0.29) is 24.5 Å². The normalized spacial score (nSPS) is 12.6. The highest BCUT2D eigenvalue weighted by Crippen LogP contribution is 2.20. The van der Waals surface area contributed by atoms with Crippen LogP contribution in [0, 0.1) is 5.92 Å². The number of aromatic nitrogens is 4. The van der Waals surface area contributed by atoms with Crippen LogP contribution in [0.2, 0.25) is 0 Å². The Balaban J connectivity index is 2.16. The molecule has 1 atom stereocenters. The van der Waals surface area contributed by atoms with Crippen molar-refractivity contribution in [1.29, 1.82) is 0 Å². The van der Waals surface area contributed by atoms with E-state index in [1.807, 2.05) is 19.2 Å². The van der Waals surface area contributed by atoms with Crippen molar-refractivity contribution in [2.24, 2.45) is 5.92 Å². The van der Waals surface area contributed by atoms with Gasteiger partial charge in [0.2, 0.25) is 0 Å². The molecule has 0 radical (unpaired) electrons. The van der Waals surface area contributed by atoms with Gasteiger partial charge < -0.3 is 10.4 Å². The molecule has 0 bridgehead atoms. The van der Waals surface area contributed by atoms with E-state index in [9.17, 15) is 4.79 Å². The minimum atomic E-state index is -0.169. The third-order valence-corrected chi connectivity index (χ3v) is 3.91. The Morgan fingerprint density at radius 3 is 2.95 bits per heavy atom. The molecule has 0 aromatic carbocycles. The molecule has 0 aliphatic rings.